The lowest BCUT2D eigenvalue weighted by Gasteiger charge is -2.41. The van der Waals surface area contributed by atoms with Gasteiger partial charge in [-0.2, -0.15) is 0 Å². The fourth-order valence-electron chi connectivity index (χ4n) is 7.37. The Balaban J connectivity index is 2.44. The van der Waals surface area contributed by atoms with Gasteiger partial charge in [0.15, 0.2) is 6.10 Å². The van der Waals surface area contributed by atoms with E-state index >= 15 is 0 Å². The van der Waals surface area contributed by atoms with E-state index in [0.29, 0.717) is 12.8 Å². The van der Waals surface area contributed by atoms with Gasteiger partial charge in [0.1, 0.15) is 43.2 Å². The Morgan fingerprint density at radius 1 is 0.492 bits per heavy atom. The Hall–Kier alpha value is -2.45. The molecule has 1 fully saturated rings. The molecule has 65 heavy (non-hydrogen) atoms. The van der Waals surface area contributed by atoms with Crippen LogP contribution in [0.25, 0.3) is 0 Å². The molecule has 376 valence electrons. The van der Waals surface area contributed by atoms with Crippen LogP contribution in [0.3, 0.4) is 0 Å². The number of esters is 2. The second-order valence-corrected chi connectivity index (χ2v) is 18.7. The lowest BCUT2D eigenvalue weighted by molar-refractivity contribution is -0.220. The van der Waals surface area contributed by atoms with Crippen molar-refractivity contribution in [2.45, 2.75) is 236 Å². The van der Waals surface area contributed by atoms with Gasteiger partial charge in [0.25, 0.3) is 0 Å². The summed E-state index contributed by atoms with van der Waals surface area (Å²) in [5, 5.41) is 50.2. The van der Waals surface area contributed by atoms with E-state index in [0.717, 1.165) is 70.6 Å². The fraction of sp³-hybridized carbons (Fsp3) is 0.765. The lowest BCUT2D eigenvalue weighted by Crippen LogP contribution is -2.64. The molecule has 6 N–H and O–H groups in total. The first kappa shape index (κ1) is 60.6. The number of rotatable bonds is 41. The molecule has 14 heteroatoms. The largest absolute Gasteiger partial charge is 0.472 e. The van der Waals surface area contributed by atoms with Crippen LogP contribution in [-0.2, 0) is 32.7 Å². The number of aliphatic hydroxyl groups excluding tert-OH is 5. The molecule has 0 aromatic heterocycles. The third-order valence-electron chi connectivity index (χ3n) is 11.4. The smallest absolute Gasteiger partial charge is 0.462 e. The third kappa shape index (κ3) is 32.8. The Kier molecular flexibility index (Phi) is 37.8. The molecule has 0 spiro atoms. The number of phosphoric ester groups is 1. The van der Waals surface area contributed by atoms with E-state index in [-0.39, 0.29) is 12.8 Å². The normalized spacial score (nSPS) is 21.9. The predicted molar refractivity (Wildman–Crippen MR) is 258 cm³/mol. The monoisotopic (exact) mass is 941 g/mol. The first-order valence-corrected chi connectivity index (χ1v) is 26.6. The van der Waals surface area contributed by atoms with Gasteiger partial charge in [0.05, 0.1) is 6.61 Å². The van der Waals surface area contributed by atoms with Crippen molar-refractivity contribution < 1.29 is 63.1 Å². The zero-order valence-electron chi connectivity index (χ0n) is 40.0. The van der Waals surface area contributed by atoms with Gasteiger partial charge >= 0.3 is 19.8 Å². The summed E-state index contributed by atoms with van der Waals surface area (Å²) < 4.78 is 33.6. The Morgan fingerprint density at radius 2 is 0.877 bits per heavy atom. The fourth-order valence-corrected chi connectivity index (χ4v) is 8.35. The second-order valence-electron chi connectivity index (χ2n) is 17.3. The number of carbonyl (C=O) groups is 2. The van der Waals surface area contributed by atoms with Crippen LogP contribution in [0.5, 0.6) is 0 Å². The molecule has 0 aromatic rings. The molecule has 6 atom stereocenters. The predicted octanol–water partition coefficient (Wildman–Crippen LogP) is 10.5. The minimum Gasteiger partial charge on any atom is -0.462 e. The summed E-state index contributed by atoms with van der Waals surface area (Å²) in [6.45, 7) is 3.18. The quantitative estimate of drug-likeness (QED) is 0.0146. The van der Waals surface area contributed by atoms with Gasteiger partial charge in [-0.05, 0) is 57.8 Å². The van der Waals surface area contributed by atoms with E-state index in [1.807, 2.05) is 0 Å². The maximum absolute atomic E-state index is 12.8. The van der Waals surface area contributed by atoms with Crippen LogP contribution >= 0.6 is 7.82 Å². The van der Waals surface area contributed by atoms with Crippen molar-refractivity contribution in [3.8, 4) is 0 Å². The van der Waals surface area contributed by atoms with Gasteiger partial charge in [-0.15, -0.1) is 0 Å². The average Bonchev–Trinajstić information content (AvgIpc) is 3.29. The average molecular weight is 941 g/mol. The maximum Gasteiger partial charge on any atom is 0.472 e. The molecule has 0 aromatic carbocycles. The van der Waals surface area contributed by atoms with E-state index in [2.05, 4.69) is 74.6 Å². The van der Waals surface area contributed by atoms with E-state index in [1.54, 1.807) is 0 Å². The molecular weight excluding hydrogens is 852 g/mol. The SMILES string of the molecule is CC/C=C\C/C=C\C/C=C\C/C=C\C/C=C\CCCCCC(=O)OC(COC(=O)CCCCCCCCCCCCCCCCCCC)COP(=O)(O)OC1C(O)C(O)C(O)C(O)C1O. The van der Waals surface area contributed by atoms with Crippen molar-refractivity contribution in [3.63, 3.8) is 0 Å². The Bertz CT molecular complexity index is 1370. The van der Waals surface area contributed by atoms with Crippen LogP contribution in [0, 0.1) is 0 Å². The molecule has 1 rings (SSSR count). The number of hydrogen-bond acceptors (Lipinski definition) is 12. The highest BCUT2D eigenvalue weighted by molar-refractivity contribution is 7.47. The van der Waals surface area contributed by atoms with Crippen molar-refractivity contribution in [1.82, 2.24) is 0 Å². The molecular formula is C51H89O13P. The van der Waals surface area contributed by atoms with Gasteiger partial charge in [-0.25, -0.2) is 4.57 Å². The molecule has 0 aliphatic heterocycles. The van der Waals surface area contributed by atoms with Crippen LogP contribution in [0.1, 0.15) is 194 Å². The molecule has 1 aliphatic carbocycles. The molecule has 6 unspecified atom stereocenters. The van der Waals surface area contributed by atoms with Crippen molar-refractivity contribution >= 4 is 19.8 Å². The minimum atomic E-state index is -5.13. The summed E-state index contributed by atoms with van der Waals surface area (Å²) in [5.74, 6) is -1.13. The highest BCUT2D eigenvalue weighted by Gasteiger charge is 2.51. The standard InChI is InChI=1S/C51H89O13P/c1-3-5-7-9-11-13-15-17-19-21-22-24-26-28-30-32-34-36-38-40-45(53)63-43(42-62-65(59,60)64-51-49(57)47(55)46(54)48(56)50(51)58)41-61-44(52)39-37-35-33-31-29-27-25-23-20-18-16-14-12-10-8-6-4-2/h5,7,11,13,17,19,22,24,28,30,43,46-51,54-58H,3-4,6,8-10,12,14-16,18,20-21,23,25-27,29,31-42H2,1-2H3,(H,59,60)/b7-5-,13-11-,19-17-,24-22-,30-28-. The van der Waals surface area contributed by atoms with E-state index in [9.17, 15) is 44.6 Å². The number of aliphatic hydroxyl groups is 5. The Labute approximate surface area is 392 Å². The summed E-state index contributed by atoms with van der Waals surface area (Å²) in [6.07, 6.45) is 36.9. The van der Waals surface area contributed by atoms with Gasteiger partial charge in [-0.3, -0.25) is 18.6 Å². The van der Waals surface area contributed by atoms with Gasteiger partial charge < -0.3 is 39.9 Å². The highest BCUT2D eigenvalue weighted by atomic mass is 31.2. The molecule has 0 radical (unpaired) electrons. The molecule has 0 amide bonds. The number of ether oxygens (including phenoxy) is 2. The van der Waals surface area contributed by atoms with Gasteiger partial charge in [0, 0.05) is 12.8 Å². The van der Waals surface area contributed by atoms with Crippen LogP contribution in [0.4, 0.5) is 0 Å². The zero-order chi connectivity index (χ0) is 47.8. The molecule has 0 bridgehead atoms. The van der Waals surface area contributed by atoms with Crippen LogP contribution in [-0.4, -0.2) is 98.3 Å². The van der Waals surface area contributed by atoms with Crippen molar-refractivity contribution in [2.75, 3.05) is 13.2 Å². The van der Waals surface area contributed by atoms with Crippen LogP contribution in [0.2, 0.25) is 0 Å². The molecule has 0 saturated heterocycles. The molecule has 1 saturated carbocycles. The first-order valence-electron chi connectivity index (χ1n) is 25.1. The van der Waals surface area contributed by atoms with E-state index in [1.165, 1.54) is 83.5 Å². The molecule has 0 heterocycles. The summed E-state index contributed by atoms with van der Waals surface area (Å²) in [4.78, 5) is 35.8. The number of allylic oxidation sites excluding steroid dienone is 10. The van der Waals surface area contributed by atoms with Crippen LogP contribution in [0.15, 0.2) is 60.8 Å². The highest BCUT2D eigenvalue weighted by Crippen LogP contribution is 2.47. The topological polar surface area (TPSA) is 210 Å². The Morgan fingerprint density at radius 3 is 1.34 bits per heavy atom. The number of phosphoric acid groups is 1. The van der Waals surface area contributed by atoms with Crippen molar-refractivity contribution in [3.05, 3.63) is 60.8 Å². The minimum absolute atomic E-state index is 0.0568. The van der Waals surface area contributed by atoms with Crippen LogP contribution < -0.4 is 0 Å². The molecule has 13 nitrogen and oxygen atoms in total. The van der Waals surface area contributed by atoms with Crippen molar-refractivity contribution in [2.24, 2.45) is 0 Å². The summed E-state index contributed by atoms with van der Waals surface area (Å²) >= 11 is 0. The molecule has 1 aliphatic rings. The lowest BCUT2D eigenvalue weighted by atomic mass is 9.85. The zero-order valence-corrected chi connectivity index (χ0v) is 40.9. The summed E-state index contributed by atoms with van der Waals surface area (Å²) in [7, 11) is -5.13. The van der Waals surface area contributed by atoms with Crippen molar-refractivity contribution in [1.29, 1.82) is 0 Å². The number of unbranched alkanes of at least 4 members (excludes halogenated alkanes) is 19. The maximum atomic E-state index is 12.8. The number of carbonyl (C=O) groups excluding carboxylic acids is 2. The number of hydrogen-bond donors (Lipinski definition) is 6. The second kappa shape index (κ2) is 40.6. The van der Waals surface area contributed by atoms with E-state index < -0.39 is 75.7 Å². The first-order chi connectivity index (χ1) is 31.4. The van der Waals surface area contributed by atoms with Gasteiger partial charge in [-0.1, -0.05) is 184 Å². The third-order valence-corrected chi connectivity index (χ3v) is 12.4. The summed E-state index contributed by atoms with van der Waals surface area (Å²) in [5.41, 5.74) is 0. The van der Waals surface area contributed by atoms with E-state index in [4.69, 9.17) is 18.5 Å². The van der Waals surface area contributed by atoms with Gasteiger partial charge in [0.2, 0.25) is 0 Å². The summed E-state index contributed by atoms with van der Waals surface area (Å²) in [6, 6.07) is 0.